The van der Waals surface area contributed by atoms with Gasteiger partial charge in [-0.3, -0.25) is 14.9 Å². The van der Waals surface area contributed by atoms with Gasteiger partial charge in [-0.25, -0.2) is 0 Å². The molecule has 4 N–H and O–H groups in total. The van der Waals surface area contributed by atoms with Gasteiger partial charge in [-0.15, -0.1) is 0 Å². The third-order valence-electron chi connectivity index (χ3n) is 2.78. The summed E-state index contributed by atoms with van der Waals surface area (Å²) in [4.78, 5) is 21.6. The molecule has 0 bridgehead atoms. The molecule has 1 aliphatic carbocycles. The average molecular weight is 217 g/mol. The number of hydrogen-bond acceptors (Lipinski definition) is 3. The molecule has 1 saturated carbocycles. The van der Waals surface area contributed by atoms with Gasteiger partial charge >= 0.3 is 0 Å². The van der Waals surface area contributed by atoms with Crippen LogP contribution in [-0.2, 0) is 4.79 Å². The van der Waals surface area contributed by atoms with Crippen LogP contribution in [0.4, 0.5) is 0 Å². The summed E-state index contributed by atoms with van der Waals surface area (Å²) in [5, 5.41) is 10.6. The minimum Gasteiger partial charge on any atom is -0.369 e. The molecule has 0 amide bonds. The maximum absolute atomic E-state index is 11.4. The van der Waals surface area contributed by atoms with E-state index in [-0.39, 0.29) is 11.9 Å². The predicted octanol–water partition coefficient (Wildman–Crippen LogP) is 2.71. The molecule has 0 saturated heterocycles. The van der Waals surface area contributed by atoms with Crippen molar-refractivity contribution in [2.24, 2.45) is 0 Å². The first-order chi connectivity index (χ1) is 6.72. The Morgan fingerprint density at radius 3 is 2.20 bits per heavy atom. The van der Waals surface area contributed by atoms with Crippen LogP contribution in [0.3, 0.4) is 0 Å². The molecular weight excluding hydrogens is 196 g/mol. The van der Waals surface area contributed by atoms with Crippen LogP contribution in [-0.4, -0.2) is 16.7 Å². The highest BCUT2D eigenvalue weighted by atomic mass is 16.6. The zero-order chi connectivity index (χ0) is 10.4. The van der Waals surface area contributed by atoms with Crippen molar-refractivity contribution in [2.75, 3.05) is 0 Å². The van der Waals surface area contributed by atoms with Gasteiger partial charge in [0, 0.05) is 17.8 Å². The van der Waals surface area contributed by atoms with Crippen molar-refractivity contribution < 1.29 is 9.72 Å². The van der Waals surface area contributed by atoms with Crippen molar-refractivity contribution in [3.8, 4) is 0 Å². The Morgan fingerprint density at radius 2 is 1.60 bits per heavy atom. The summed E-state index contributed by atoms with van der Waals surface area (Å²) in [5.41, 5.74) is 0. The Bertz CT molecular complexity index is 219. The highest BCUT2D eigenvalue weighted by Crippen LogP contribution is 2.16. The van der Waals surface area contributed by atoms with Gasteiger partial charge in [0.05, 0.1) is 0 Å². The van der Waals surface area contributed by atoms with Crippen LogP contribution in [0.1, 0.15) is 51.4 Å². The number of hydrogen-bond donors (Lipinski definition) is 1. The monoisotopic (exact) mass is 217 g/mol. The van der Waals surface area contributed by atoms with E-state index in [1.165, 1.54) is 0 Å². The summed E-state index contributed by atoms with van der Waals surface area (Å²) in [6.45, 7) is 0. The van der Waals surface area contributed by atoms with Crippen molar-refractivity contribution in [1.29, 1.82) is 0 Å². The van der Waals surface area contributed by atoms with Crippen LogP contribution in [0.5, 0.6) is 0 Å². The maximum atomic E-state index is 11.4. The summed E-state index contributed by atoms with van der Waals surface area (Å²) in [5.74, 6) is -0.170. The Labute approximate surface area is 90.0 Å². The summed E-state index contributed by atoms with van der Waals surface area (Å²) < 4.78 is 0. The molecule has 5 heteroatoms. The van der Waals surface area contributed by atoms with Gasteiger partial charge in [-0.2, -0.15) is 0 Å². The van der Waals surface area contributed by atoms with E-state index in [0.717, 1.165) is 38.5 Å². The Balaban J connectivity index is 0.00000196. The smallest absolute Gasteiger partial charge is 0.270 e. The molecule has 0 heterocycles. The van der Waals surface area contributed by atoms with Crippen molar-refractivity contribution in [3.05, 3.63) is 10.1 Å². The van der Waals surface area contributed by atoms with Gasteiger partial charge in [0.15, 0.2) is 0 Å². The van der Waals surface area contributed by atoms with E-state index in [0.29, 0.717) is 12.8 Å². The van der Waals surface area contributed by atoms with E-state index in [1.54, 1.807) is 0 Å². The van der Waals surface area contributed by atoms with Crippen molar-refractivity contribution in [2.45, 2.75) is 57.4 Å². The number of carbonyl (C=O) groups excluding carboxylic acids is 1. The maximum Gasteiger partial charge on any atom is 0.270 e. The molecule has 0 spiro atoms. The fourth-order valence-electron chi connectivity index (χ4n) is 1.89. The predicted molar refractivity (Wildman–Crippen MR) is 58.7 cm³/mol. The minimum atomic E-state index is -0.923. The lowest BCUT2D eigenvalue weighted by Crippen LogP contribution is -2.29. The van der Waals surface area contributed by atoms with Crippen LogP contribution in [0.2, 0.25) is 0 Å². The van der Waals surface area contributed by atoms with Crippen molar-refractivity contribution in [3.63, 3.8) is 0 Å². The summed E-state index contributed by atoms with van der Waals surface area (Å²) >= 11 is 0. The van der Waals surface area contributed by atoms with Crippen LogP contribution < -0.4 is 6.15 Å². The Kier molecular flexibility index (Phi) is 6.86. The minimum absolute atomic E-state index is 0. The number of Topliss-reactive ketones (excluding diaryl/α,β-unsaturated/α-hetero) is 1. The molecule has 1 unspecified atom stereocenters. The lowest BCUT2D eigenvalue weighted by Gasteiger charge is -2.10. The molecule has 0 aliphatic heterocycles. The van der Waals surface area contributed by atoms with Crippen LogP contribution in [0, 0.1) is 10.1 Å². The van der Waals surface area contributed by atoms with E-state index in [9.17, 15) is 14.9 Å². The molecular formula is C10H21N2O3+. The third kappa shape index (κ3) is 4.88. The number of carbonyl (C=O) groups is 1. The second kappa shape index (κ2) is 7.34. The summed E-state index contributed by atoms with van der Waals surface area (Å²) in [6.07, 6.45) is 6.85. The molecule has 1 fully saturated rings. The molecule has 0 aromatic carbocycles. The first-order valence-corrected chi connectivity index (χ1v) is 5.38. The SMILES string of the molecule is O=C1CCCCCCCCC1[N+](=O)[O-].[NH4+]. The molecule has 0 aromatic rings. The topological polar surface area (TPSA) is 96.7 Å². The molecule has 15 heavy (non-hydrogen) atoms. The quantitative estimate of drug-likeness (QED) is 0.540. The lowest BCUT2D eigenvalue weighted by atomic mass is 9.97. The molecule has 0 aromatic heterocycles. The molecule has 5 nitrogen and oxygen atoms in total. The number of nitrogens with zero attached hydrogens (tertiary/aromatic N) is 1. The normalized spacial score (nSPS) is 24.0. The largest absolute Gasteiger partial charge is 0.369 e. The summed E-state index contributed by atoms with van der Waals surface area (Å²) in [6, 6.07) is -0.923. The Morgan fingerprint density at radius 1 is 1.07 bits per heavy atom. The second-order valence-corrected chi connectivity index (χ2v) is 3.93. The van der Waals surface area contributed by atoms with Crippen LogP contribution in [0.15, 0.2) is 0 Å². The van der Waals surface area contributed by atoms with Crippen molar-refractivity contribution >= 4 is 5.78 Å². The highest BCUT2D eigenvalue weighted by Gasteiger charge is 2.28. The van der Waals surface area contributed by atoms with E-state index in [1.807, 2.05) is 0 Å². The zero-order valence-corrected chi connectivity index (χ0v) is 9.41. The zero-order valence-electron chi connectivity index (χ0n) is 9.41. The van der Waals surface area contributed by atoms with Crippen LogP contribution in [0.25, 0.3) is 0 Å². The van der Waals surface area contributed by atoms with Gasteiger partial charge in [-0.1, -0.05) is 25.7 Å². The van der Waals surface area contributed by atoms with E-state index >= 15 is 0 Å². The van der Waals surface area contributed by atoms with E-state index < -0.39 is 11.0 Å². The number of ketones is 1. The van der Waals surface area contributed by atoms with E-state index in [2.05, 4.69) is 0 Å². The highest BCUT2D eigenvalue weighted by molar-refractivity contribution is 5.82. The van der Waals surface area contributed by atoms with E-state index in [4.69, 9.17) is 0 Å². The standard InChI is InChI=1S/C10H17NO3.H3N/c12-10-8-6-4-2-1-3-5-7-9(10)11(13)14;/h9H,1-8H2;1H3/p+1. The molecule has 0 radical (unpaired) electrons. The molecule has 1 aliphatic rings. The number of rotatable bonds is 1. The Hall–Kier alpha value is -0.970. The van der Waals surface area contributed by atoms with Crippen molar-refractivity contribution in [1.82, 2.24) is 6.15 Å². The van der Waals surface area contributed by atoms with Crippen LogP contribution >= 0.6 is 0 Å². The van der Waals surface area contributed by atoms with Gasteiger partial charge < -0.3 is 6.15 Å². The van der Waals surface area contributed by atoms with Gasteiger partial charge in [0.1, 0.15) is 0 Å². The fourth-order valence-corrected chi connectivity index (χ4v) is 1.89. The van der Waals surface area contributed by atoms with Gasteiger partial charge in [0.25, 0.3) is 6.04 Å². The lowest BCUT2D eigenvalue weighted by molar-refractivity contribution is -0.508. The second-order valence-electron chi connectivity index (χ2n) is 3.93. The first-order valence-electron chi connectivity index (χ1n) is 5.38. The van der Waals surface area contributed by atoms with Gasteiger partial charge in [0.2, 0.25) is 5.78 Å². The molecule has 1 atom stereocenters. The third-order valence-corrected chi connectivity index (χ3v) is 2.78. The summed E-state index contributed by atoms with van der Waals surface area (Å²) in [7, 11) is 0. The van der Waals surface area contributed by atoms with Gasteiger partial charge in [-0.05, 0) is 12.8 Å². The number of nitro groups is 1. The average Bonchev–Trinajstić information content (AvgIpc) is 2.15. The molecule has 88 valence electrons. The fraction of sp³-hybridized carbons (Fsp3) is 0.900. The number of quaternary nitrogens is 1. The first kappa shape index (κ1) is 14.0. The molecule has 1 rings (SSSR count).